The van der Waals surface area contributed by atoms with Crippen molar-refractivity contribution in [2.45, 2.75) is 52.1 Å². The summed E-state index contributed by atoms with van der Waals surface area (Å²) in [7, 11) is 0. The number of aryl methyl sites for hydroxylation is 2. The minimum Gasteiger partial charge on any atom is -0.361 e. The van der Waals surface area contributed by atoms with Gasteiger partial charge in [-0.15, -0.1) is 0 Å². The lowest BCUT2D eigenvalue weighted by molar-refractivity contribution is -0.131. The Morgan fingerprint density at radius 3 is 2.81 bits per heavy atom. The second kappa shape index (κ2) is 8.33. The smallest absolute Gasteiger partial charge is 0.224 e. The van der Waals surface area contributed by atoms with Gasteiger partial charge in [0.15, 0.2) is 0 Å². The molecule has 1 aliphatic rings. The van der Waals surface area contributed by atoms with Crippen molar-refractivity contribution in [3.8, 4) is 0 Å². The summed E-state index contributed by atoms with van der Waals surface area (Å²) in [6, 6.07) is 6.17. The number of aromatic nitrogens is 1. The van der Waals surface area contributed by atoms with Gasteiger partial charge in [-0.1, -0.05) is 23.4 Å². The fourth-order valence-electron chi connectivity index (χ4n) is 3.36. The quantitative estimate of drug-likeness (QED) is 0.874. The predicted octanol–water partition coefficient (Wildman–Crippen LogP) is 2.67. The van der Waals surface area contributed by atoms with Crippen molar-refractivity contribution in [1.29, 1.82) is 0 Å². The maximum atomic E-state index is 13.7. The van der Waals surface area contributed by atoms with Gasteiger partial charge in [0.1, 0.15) is 11.6 Å². The molecule has 0 spiro atoms. The molecule has 1 saturated heterocycles. The molecular weight excluding hydrogens is 349 g/mol. The number of likely N-dealkylation sites (tertiary alicyclic amines) is 1. The normalized spacial score (nSPS) is 17.7. The van der Waals surface area contributed by atoms with E-state index < -0.39 is 0 Å². The predicted molar refractivity (Wildman–Crippen MR) is 97.3 cm³/mol. The molecule has 27 heavy (non-hydrogen) atoms. The molecule has 3 rings (SSSR count). The number of amides is 2. The lowest BCUT2D eigenvalue weighted by Crippen LogP contribution is -2.37. The molecule has 1 aromatic carbocycles. The fraction of sp³-hybridized carbons (Fsp3) is 0.450. The average molecular weight is 373 g/mol. The van der Waals surface area contributed by atoms with E-state index in [-0.39, 0.29) is 30.1 Å². The van der Waals surface area contributed by atoms with Gasteiger partial charge in [0, 0.05) is 24.6 Å². The first kappa shape index (κ1) is 19.1. The Balaban J connectivity index is 1.56. The molecule has 144 valence electrons. The number of nitrogens with one attached hydrogen (secondary N) is 1. The number of benzene rings is 1. The fourth-order valence-corrected chi connectivity index (χ4v) is 3.36. The third-order valence-corrected chi connectivity index (χ3v) is 5.01. The summed E-state index contributed by atoms with van der Waals surface area (Å²) in [4.78, 5) is 26.5. The minimum absolute atomic E-state index is 0.0000869. The largest absolute Gasteiger partial charge is 0.361 e. The van der Waals surface area contributed by atoms with Crippen molar-refractivity contribution in [2.24, 2.45) is 0 Å². The van der Waals surface area contributed by atoms with Crippen LogP contribution in [0.4, 0.5) is 4.39 Å². The van der Waals surface area contributed by atoms with E-state index in [9.17, 15) is 14.0 Å². The van der Waals surface area contributed by atoms with Gasteiger partial charge >= 0.3 is 0 Å². The zero-order valence-electron chi connectivity index (χ0n) is 15.6. The van der Waals surface area contributed by atoms with Crippen LogP contribution in [0.2, 0.25) is 0 Å². The second-order valence-corrected chi connectivity index (χ2v) is 6.98. The number of rotatable bonds is 5. The van der Waals surface area contributed by atoms with Crippen LogP contribution < -0.4 is 5.32 Å². The van der Waals surface area contributed by atoms with Crippen molar-refractivity contribution in [1.82, 2.24) is 15.4 Å². The molecule has 2 amide bonds. The van der Waals surface area contributed by atoms with Gasteiger partial charge < -0.3 is 14.7 Å². The molecule has 1 aliphatic heterocycles. The summed E-state index contributed by atoms with van der Waals surface area (Å²) in [5.41, 5.74) is 2.10. The number of hydrogen-bond donors (Lipinski definition) is 1. The SMILES string of the molecule is Cc1noc(C)c1CN1CCC(NC(=O)Cc2ccccc2F)CCC1=O. The number of halogens is 1. The van der Waals surface area contributed by atoms with Gasteiger partial charge in [-0.25, -0.2) is 4.39 Å². The maximum Gasteiger partial charge on any atom is 0.224 e. The van der Waals surface area contributed by atoms with E-state index in [1.165, 1.54) is 6.07 Å². The van der Waals surface area contributed by atoms with E-state index >= 15 is 0 Å². The molecule has 1 atom stereocenters. The molecule has 0 bridgehead atoms. The van der Waals surface area contributed by atoms with E-state index in [1.807, 2.05) is 13.8 Å². The third-order valence-electron chi connectivity index (χ3n) is 5.01. The standard InChI is InChI=1S/C20H24FN3O3/c1-13-17(14(2)27-23-13)12-24-10-9-16(7-8-20(24)26)22-19(25)11-15-5-3-4-6-18(15)21/h3-6,16H,7-12H2,1-2H3,(H,22,25). The first-order chi connectivity index (χ1) is 12.9. The van der Waals surface area contributed by atoms with Crippen molar-refractivity contribution in [2.75, 3.05) is 6.54 Å². The zero-order chi connectivity index (χ0) is 19.4. The van der Waals surface area contributed by atoms with E-state index in [2.05, 4.69) is 10.5 Å². The van der Waals surface area contributed by atoms with Crippen molar-refractivity contribution in [3.05, 3.63) is 52.7 Å². The third kappa shape index (κ3) is 4.72. The summed E-state index contributed by atoms with van der Waals surface area (Å²) in [5, 5.41) is 6.87. The first-order valence-electron chi connectivity index (χ1n) is 9.16. The summed E-state index contributed by atoms with van der Waals surface area (Å²) >= 11 is 0. The Bertz CT molecular complexity index is 814. The van der Waals surface area contributed by atoms with Gasteiger partial charge in [0.2, 0.25) is 11.8 Å². The highest BCUT2D eigenvalue weighted by Gasteiger charge is 2.25. The maximum absolute atomic E-state index is 13.7. The summed E-state index contributed by atoms with van der Waals surface area (Å²) < 4.78 is 18.9. The Morgan fingerprint density at radius 1 is 1.33 bits per heavy atom. The van der Waals surface area contributed by atoms with Crippen LogP contribution in [0, 0.1) is 19.7 Å². The van der Waals surface area contributed by atoms with Crippen molar-refractivity contribution in [3.63, 3.8) is 0 Å². The minimum atomic E-state index is -0.380. The Kier molecular flexibility index (Phi) is 5.88. The lowest BCUT2D eigenvalue weighted by Gasteiger charge is -2.21. The lowest BCUT2D eigenvalue weighted by atomic mass is 10.1. The molecule has 1 fully saturated rings. The molecule has 6 nitrogen and oxygen atoms in total. The Labute approximate surface area is 157 Å². The summed E-state index contributed by atoms with van der Waals surface area (Å²) in [5.74, 6) is 0.172. The van der Waals surface area contributed by atoms with E-state index in [0.717, 1.165) is 17.0 Å². The number of carbonyl (C=O) groups excluding carboxylic acids is 2. The van der Waals surface area contributed by atoms with Gasteiger partial charge in [0.25, 0.3) is 0 Å². The van der Waals surface area contributed by atoms with Crippen molar-refractivity contribution < 1.29 is 18.5 Å². The highest BCUT2D eigenvalue weighted by molar-refractivity contribution is 5.79. The molecule has 0 saturated carbocycles. The monoisotopic (exact) mass is 373 g/mol. The van der Waals surface area contributed by atoms with Gasteiger partial charge in [0.05, 0.1) is 18.7 Å². The summed E-state index contributed by atoms with van der Waals surface area (Å²) in [6.07, 6.45) is 1.62. The van der Waals surface area contributed by atoms with Crippen LogP contribution >= 0.6 is 0 Å². The molecular formula is C20H24FN3O3. The van der Waals surface area contributed by atoms with E-state index in [1.54, 1.807) is 23.1 Å². The molecule has 1 N–H and O–H groups in total. The van der Waals surface area contributed by atoms with Crippen LogP contribution in [0.25, 0.3) is 0 Å². The highest BCUT2D eigenvalue weighted by atomic mass is 19.1. The highest BCUT2D eigenvalue weighted by Crippen LogP contribution is 2.19. The summed E-state index contributed by atoms with van der Waals surface area (Å²) in [6.45, 7) is 4.71. The zero-order valence-corrected chi connectivity index (χ0v) is 15.6. The van der Waals surface area contributed by atoms with Gasteiger partial charge in [-0.2, -0.15) is 0 Å². The molecule has 2 aromatic rings. The topological polar surface area (TPSA) is 75.4 Å². The Hall–Kier alpha value is -2.70. The molecule has 1 aromatic heterocycles. The van der Waals surface area contributed by atoms with Crippen LogP contribution in [-0.2, 0) is 22.6 Å². The molecule has 2 heterocycles. The van der Waals surface area contributed by atoms with Crippen LogP contribution in [0.1, 0.15) is 41.8 Å². The van der Waals surface area contributed by atoms with Crippen molar-refractivity contribution >= 4 is 11.8 Å². The van der Waals surface area contributed by atoms with Crippen LogP contribution in [0.5, 0.6) is 0 Å². The van der Waals surface area contributed by atoms with E-state index in [4.69, 9.17) is 4.52 Å². The van der Waals surface area contributed by atoms with Crippen LogP contribution in [-0.4, -0.2) is 34.5 Å². The number of carbonyl (C=O) groups is 2. The second-order valence-electron chi connectivity index (χ2n) is 6.98. The van der Waals surface area contributed by atoms with Crippen LogP contribution in [0.3, 0.4) is 0 Å². The average Bonchev–Trinajstić information content (AvgIpc) is 2.84. The van der Waals surface area contributed by atoms with E-state index in [0.29, 0.717) is 37.9 Å². The van der Waals surface area contributed by atoms with Gasteiger partial charge in [-0.05, 0) is 38.3 Å². The number of nitrogens with zero attached hydrogens (tertiary/aromatic N) is 2. The molecule has 1 unspecified atom stereocenters. The number of hydrogen-bond acceptors (Lipinski definition) is 4. The molecule has 0 radical (unpaired) electrons. The van der Waals surface area contributed by atoms with Crippen LogP contribution in [0.15, 0.2) is 28.8 Å². The van der Waals surface area contributed by atoms with Gasteiger partial charge in [-0.3, -0.25) is 9.59 Å². The first-order valence-corrected chi connectivity index (χ1v) is 9.16. The molecule has 0 aliphatic carbocycles. The Morgan fingerprint density at radius 2 is 2.11 bits per heavy atom. The molecule has 7 heteroatoms.